The monoisotopic (exact) mass is 407 g/mol. The maximum atomic E-state index is 12.3. The maximum absolute atomic E-state index is 12.3. The molecule has 1 aromatic carbocycles. The summed E-state index contributed by atoms with van der Waals surface area (Å²) in [6.07, 6.45) is 0.602. The molecule has 0 bridgehead atoms. The Kier molecular flexibility index (Phi) is 6.55. The Bertz CT molecular complexity index is 925. The van der Waals surface area contributed by atoms with Crippen molar-refractivity contribution in [3.63, 3.8) is 0 Å². The van der Waals surface area contributed by atoms with Crippen LogP contribution in [0.5, 0.6) is 0 Å². The van der Waals surface area contributed by atoms with Crippen molar-refractivity contribution in [1.82, 2.24) is 14.9 Å². The molecule has 25 heavy (non-hydrogen) atoms. The Balaban J connectivity index is 2.00. The summed E-state index contributed by atoms with van der Waals surface area (Å²) in [5.41, 5.74) is 0.500. The van der Waals surface area contributed by atoms with E-state index in [9.17, 15) is 16.8 Å². The number of rotatable bonds is 9. The molecule has 1 heterocycles. The van der Waals surface area contributed by atoms with E-state index in [2.05, 4.69) is 14.9 Å². The van der Waals surface area contributed by atoms with Gasteiger partial charge in [-0.3, -0.25) is 0 Å². The first-order valence-corrected chi connectivity index (χ1v) is 11.2. The average Bonchev–Trinajstić information content (AvgIpc) is 2.96. The second kappa shape index (κ2) is 8.26. The maximum Gasteiger partial charge on any atom is 0.335 e. The normalized spacial score (nSPS) is 12.4. The minimum absolute atomic E-state index is 0.0239. The van der Waals surface area contributed by atoms with Crippen LogP contribution in [0.3, 0.4) is 0 Å². The highest BCUT2D eigenvalue weighted by atomic mass is 35.5. The first kappa shape index (κ1) is 19.8. The number of nitrogens with zero attached hydrogens (tertiary/aromatic N) is 2. The fraction of sp³-hybridized carbons (Fsp3) is 0.429. The van der Waals surface area contributed by atoms with Gasteiger partial charge in [-0.2, -0.15) is 0 Å². The summed E-state index contributed by atoms with van der Waals surface area (Å²) >= 11 is 5.84. The van der Waals surface area contributed by atoms with E-state index in [-0.39, 0.29) is 30.4 Å². The van der Waals surface area contributed by atoms with Gasteiger partial charge >= 0.3 is 5.22 Å². The lowest BCUT2D eigenvalue weighted by atomic mass is 10.2. The standard InChI is InChI=1S/C14H18ClN3O5S2/c1-2-8-25(21,22)16-7-6-13-17-18-14(23-13)24(19,20)10-11-4-3-5-12(15)9-11/h3-5,9,16H,2,6-8,10H2,1H3. The quantitative estimate of drug-likeness (QED) is 0.669. The van der Waals surface area contributed by atoms with E-state index in [1.54, 1.807) is 31.2 Å². The summed E-state index contributed by atoms with van der Waals surface area (Å²) in [6.45, 7) is 1.81. The van der Waals surface area contributed by atoms with E-state index in [0.717, 1.165) is 0 Å². The molecular weight excluding hydrogens is 390 g/mol. The zero-order valence-electron chi connectivity index (χ0n) is 13.5. The van der Waals surface area contributed by atoms with Crippen molar-refractivity contribution in [3.05, 3.63) is 40.7 Å². The Hall–Kier alpha value is -1.49. The van der Waals surface area contributed by atoms with Crippen LogP contribution in [0.2, 0.25) is 5.02 Å². The fourth-order valence-electron chi connectivity index (χ4n) is 2.03. The smallest absolute Gasteiger partial charge is 0.335 e. The zero-order chi connectivity index (χ0) is 18.5. The van der Waals surface area contributed by atoms with Crippen molar-refractivity contribution < 1.29 is 21.3 Å². The zero-order valence-corrected chi connectivity index (χ0v) is 15.9. The molecule has 0 spiro atoms. The molecule has 0 radical (unpaired) electrons. The van der Waals surface area contributed by atoms with Gasteiger partial charge in [0.15, 0.2) is 0 Å². The van der Waals surface area contributed by atoms with Gasteiger partial charge in [-0.25, -0.2) is 21.6 Å². The molecule has 2 aromatic rings. The summed E-state index contributed by atoms with van der Waals surface area (Å²) in [4.78, 5) is 0. The Labute approximate surface area is 151 Å². The number of nitrogens with one attached hydrogen (secondary N) is 1. The van der Waals surface area contributed by atoms with Gasteiger partial charge < -0.3 is 4.42 Å². The third-order valence-corrected chi connectivity index (χ3v) is 6.33. The highest BCUT2D eigenvalue weighted by molar-refractivity contribution is 7.90. The van der Waals surface area contributed by atoms with Gasteiger partial charge in [0.05, 0.1) is 11.5 Å². The van der Waals surface area contributed by atoms with Gasteiger partial charge in [-0.05, 0) is 24.1 Å². The molecule has 11 heteroatoms. The van der Waals surface area contributed by atoms with E-state index < -0.39 is 25.1 Å². The predicted molar refractivity (Wildman–Crippen MR) is 92.4 cm³/mol. The molecule has 0 amide bonds. The summed E-state index contributed by atoms with van der Waals surface area (Å²) in [5.74, 6) is -0.252. The second-order valence-electron chi connectivity index (χ2n) is 5.31. The van der Waals surface area contributed by atoms with Gasteiger partial charge in [0, 0.05) is 18.0 Å². The van der Waals surface area contributed by atoms with Crippen LogP contribution < -0.4 is 4.72 Å². The molecule has 138 valence electrons. The topological polar surface area (TPSA) is 119 Å². The van der Waals surface area contributed by atoms with Gasteiger partial charge in [-0.15, -0.1) is 5.10 Å². The van der Waals surface area contributed by atoms with Crippen LogP contribution >= 0.6 is 11.6 Å². The van der Waals surface area contributed by atoms with Crippen LogP contribution in [0, 0.1) is 0 Å². The van der Waals surface area contributed by atoms with Crippen LogP contribution in [0.1, 0.15) is 24.8 Å². The third-order valence-electron chi connectivity index (χ3n) is 3.09. The minimum atomic E-state index is -3.81. The number of hydrogen-bond acceptors (Lipinski definition) is 7. The molecule has 2 rings (SSSR count). The summed E-state index contributed by atoms with van der Waals surface area (Å²) in [5, 5.41) is 7.12. The highest BCUT2D eigenvalue weighted by Gasteiger charge is 2.23. The highest BCUT2D eigenvalue weighted by Crippen LogP contribution is 2.18. The molecule has 1 N–H and O–H groups in total. The SMILES string of the molecule is CCCS(=O)(=O)NCCc1nnc(S(=O)(=O)Cc2cccc(Cl)c2)o1. The predicted octanol–water partition coefficient (Wildman–Crippen LogP) is 1.57. The summed E-state index contributed by atoms with van der Waals surface area (Å²) in [6, 6.07) is 6.46. The number of benzene rings is 1. The van der Waals surface area contributed by atoms with E-state index in [4.69, 9.17) is 16.0 Å². The largest absolute Gasteiger partial charge is 0.412 e. The Morgan fingerprint density at radius 2 is 1.96 bits per heavy atom. The van der Waals surface area contributed by atoms with Gasteiger partial charge in [0.1, 0.15) is 0 Å². The van der Waals surface area contributed by atoms with E-state index in [1.165, 1.54) is 0 Å². The molecule has 0 unspecified atom stereocenters. The first-order valence-electron chi connectivity index (χ1n) is 7.49. The Morgan fingerprint density at radius 3 is 2.64 bits per heavy atom. The molecule has 0 aliphatic carbocycles. The van der Waals surface area contributed by atoms with E-state index >= 15 is 0 Å². The van der Waals surface area contributed by atoms with Crippen molar-refractivity contribution in [1.29, 1.82) is 0 Å². The lowest BCUT2D eigenvalue weighted by Gasteiger charge is -2.03. The second-order valence-corrected chi connectivity index (χ2v) is 9.54. The molecule has 0 atom stereocenters. The van der Waals surface area contributed by atoms with Crippen LogP contribution in [-0.2, 0) is 32.0 Å². The average molecular weight is 408 g/mol. The Morgan fingerprint density at radius 1 is 1.20 bits per heavy atom. The van der Waals surface area contributed by atoms with Crippen molar-refractivity contribution in [3.8, 4) is 0 Å². The summed E-state index contributed by atoms with van der Waals surface area (Å²) in [7, 11) is -7.15. The number of halogens is 1. The molecule has 0 saturated heterocycles. The van der Waals surface area contributed by atoms with Gasteiger partial charge in [0.2, 0.25) is 25.8 Å². The van der Waals surface area contributed by atoms with Crippen LogP contribution in [-0.4, -0.2) is 39.3 Å². The van der Waals surface area contributed by atoms with Gasteiger partial charge in [-0.1, -0.05) is 35.8 Å². The van der Waals surface area contributed by atoms with E-state index in [0.29, 0.717) is 17.0 Å². The van der Waals surface area contributed by atoms with Crippen LogP contribution in [0.4, 0.5) is 0 Å². The molecule has 1 aromatic heterocycles. The van der Waals surface area contributed by atoms with Crippen molar-refractivity contribution in [2.45, 2.75) is 30.7 Å². The number of sulfonamides is 1. The molecule has 8 nitrogen and oxygen atoms in total. The van der Waals surface area contributed by atoms with Crippen LogP contribution in [0.15, 0.2) is 33.9 Å². The third kappa shape index (κ3) is 6.07. The minimum Gasteiger partial charge on any atom is -0.412 e. The molecular formula is C14H18ClN3O5S2. The number of sulfone groups is 1. The van der Waals surface area contributed by atoms with Crippen molar-refractivity contribution in [2.75, 3.05) is 12.3 Å². The lowest BCUT2D eigenvalue weighted by molar-refractivity contribution is 0.395. The molecule has 0 aliphatic heterocycles. The van der Waals surface area contributed by atoms with Gasteiger partial charge in [0.25, 0.3) is 0 Å². The van der Waals surface area contributed by atoms with E-state index in [1.807, 2.05) is 0 Å². The van der Waals surface area contributed by atoms with Crippen LogP contribution in [0.25, 0.3) is 0 Å². The first-order chi connectivity index (χ1) is 11.7. The molecule has 0 saturated carbocycles. The van der Waals surface area contributed by atoms with Crippen molar-refractivity contribution >= 4 is 31.5 Å². The fourth-order valence-corrected chi connectivity index (χ4v) is 4.47. The number of hydrogen-bond donors (Lipinski definition) is 1. The molecule has 0 aliphatic rings. The summed E-state index contributed by atoms with van der Waals surface area (Å²) < 4.78 is 55.2. The number of aromatic nitrogens is 2. The van der Waals surface area contributed by atoms with Crippen molar-refractivity contribution in [2.24, 2.45) is 0 Å². The molecule has 0 fully saturated rings. The lowest BCUT2D eigenvalue weighted by Crippen LogP contribution is -2.28.